The summed E-state index contributed by atoms with van der Waals surface area (Å²) in [5, 5.41) is 11.5. The number of hydrogen-bond acceptors (Lipinski definition) is 3. The van der Waals surface area contributed by atoms with Gasteiger partial charge in [0.1, 0.15) is 5.82 Å². The van der Waals surface area contributed by atoms with Crippen LogP contribution in [-0.2, 0) is 6.54 Å². The molecule has 0 amide bonds. The molecule has 0 saturated carbocycles. The second kappa shape index (κ2) is 8.93. The van der Waals surface area contributed by atoms with Crippen LogP contribution in [-0.4, -0.2) is 14.5 Å². The van der Waals surface area contributed by atoms with Crippen molar-refractivity contribution in [2.24, 2.45) is 0 Å². The van der Waals surface area contributed by atoms with Crippen molar-refractivity contribution in [1.29, 1.82) is 0 Å². The van der Waals surface area contributed by atoms with E-state index in [1.807, 2.05) is 72.8 Å². The van der Waals surface area contributed by atoms with Gasteiger partial charge in [0.25, 0.3) is 5.69 Å². The summed E-state index contributed by atoms with van der Waals surface area (Å²) in [7, 11) is 0. The highest BCUT2D eigenvalue weighted by Gasteiger charge is 2.22. The van der Waals surface area contributed by atoms with Gasteiger partial charge in [-0.1, -0.05) is 103 Å². The average molecular weight is 431 g/mol. The molecule has 5 aromatic rings. The highest BCUT2D eigenvalue weighted by Crippen LogP contribution is 2.37. The number of rotatable bonds is 6. The first-order valence-corrected chi connectivity index (χ1v) is 10.7. The van der Waals surface area contributed by atoms with Gasteiger partial charge in [-0.2, -0.15) is 0 Å². The maximum absolute atomic E-state index is 11.5. The van der Waals surface area contributed by atoms with Crippen LogP contribution in [0.2, 0.25) is 0 Å². The van der Waals surface area contributed by atoms with Gasteiger partial charge in [-0.25, -0.2) is 4.98 Å². The van der Waals surface area contributed by atoms with Gasteiger partial charge in [-0.05, 0) is 5.56 Å². The zero-order valence-electron chi connectivity index (χ0n) is 17.8. The number of aromatic nitrogens is 2. The number of hydrogen-bond donors (Lipinski definition) is 0. The van der Waals surface area contributed by atoms with E-state index in [4.69, 9.17) is 4.98 Å². The van der Waals surface area contributed by atoms with Crippen molar-refractivity contribution in [2.75, 3.05) is 0 Å². The lowest BCUT2D eigenvalue weighted by Crippen LogP contribution is -2.04. The Bertz CT molecular complexity index is 1400. The number of nitro groups is 1. The Hall–Kier alpha value is -4.51. The normalized spacial score (nSPS) is 10.8. The van der Waals surface area contributed by atoms with Gasteiger partial charge in [0.15, 0.2) is 0 Å². The fourth-order valence-corrected chi connectivity index (χ4v) is 4.04. The summed E-state index contributed by atoms with van der Waals surface area (Å²) in [5.74, 6) is 0.695. The number of non-ortho nitro benzene ring substituents is 1. The van der Waals surface area contributed by atoms with Gasteiger partial charge in [0.05, 0.1) is 16.3 Å². The molecule has 1 aromatic heterocycles. The van der Waals surface area contributed by atoms with Crippen LogP contribution >= 0.6 is 0 Å². The molecule has 4 aromatic carbocycles. The van der Waals surface area contributed by atoms with E-state index in [1.54, 1.807) is 12.1 Å². The van der Waals surface area contributed by atoms with E-state index in [-0.39, 0.29) is 10.6 Å². The van der Waals surface area contributed by atoms with Crippen LogP contribution in [0.4, 0.5) is 5.69 Å². The summed E-state index contributed by atoms with van der Waals surface area (Å²) in [6, 6.07) is 37.1. The number of nitrogens with zero attached hydrogens (tertiary/aromatic N) is 3. The summed E-state index contributed by atoms with van der Waals surface area (Å²) in [6.45, 7) is 0.586. The fourth-order valence-electron chi connectivity index (χ4n) is 4.04. The third kappa shape index (κ3) is 4.16. The van der Waals surface area contributed by atoms with Crippen molar-refractivity contribution in [2.45, 2.75) is 6.54 Å². The predicted octanol–water partition coefficient (Wildman–Crippen LogP) is 6.84. The van der Waals surface area contributed by atoms with E-state index in [0.29, 0.717) is 17.9 Å². The van der Waals surface area contributed by atoms with Crippen LogP contribution < -0.4 is 0 Å². The van der Waals surface area contributed by atoms with Crippen molar-refractivity contribution < 1.29 is 4.92 Å². The molecule has 0 fully saturated rings. The third-order valence-electron chi connectivity index (χ3n) is 5.56. The van der Waals surface area contributed by atoms with Crippen molar-refractivity contribution in [3.05, 3.63) is 131 Å². The molecule has 0 spiro atoms. The lowest BCUT2D eigenvalue weighted by Gasteiger charge is -2.14. The standard InChI is InChI=1S/C28H21N3O2/c32-31(33)25-18-10-17-24(19-25)28-29-26(22-13-6-2-7-14-22)27(23-15-8-3-9-16-23)30(28)20-21-11-4-1-5-12-21/h1-19H,20H2. The van der Waals surface area contributed by atoms with Crippen LogP contribution in [0.15, 0.2) is 115 Å². The van der Waals surface area contributed by atoms with E-state index in [0.717, 1.165) is 28.1 Å². The third-order valence-corrected chi connectivity index (χ3v) is 5.56. The molecule has 0 bridgehead atoms. The maximum Gasteiger partial charge on any atom is 0.270 e. The van der Waals surface area contributed by atoms with Gasteiger partial charge < -0.3 is 4.57 Å². The van der Waals surface area contributed by atoms with Gasteiger partial charge in [-0.3, -0.25) is 10.1 Å². The Morgan fingerprint density at radius 2 is 1.27 bits per heavy atom. The minimum Gasteiger partial charge on any atom is -0.319 e. The molecule has 0 unspecified atom stereocenters. The average Bonchev–Trinajstić information content (AvgIpc) is 3.25. The first-order valence-electron chi connectivity index (χ1n) is 10.7. The van der Waals surface area contributed by atoms with Gasteiger partial charge in [0, 0.05) is 35.4 Å². The Kier molecular flexibility index (Phi) is 5.52. The van der Waals surface area contributed by atoms with Crippen molar-refractivity contribution in [3.63, 3.8) is 0 Å². The van der Waals surface area contributed by atoms with E-state index in [2.05, 4.69) is 28.8 Å². The minimum absolute atomic E-state index is 0.0456. The zero-order chi connectivity index (χ0) is 22.6. The number of benzene rings is 4. The summed E-state index contributed by atoms with van der Waals surface area (Å²) in [6.07, 6.45) is 0. The molecule has 5 rings (SSSR count). The molecule has 160 valence electrons. The van der Waals surface area contributed by atoms with Crippen LogP contribution in [0.25, 0.3) is 33.9 Å². The highest BCUT2D eigenvalue weighted by molar-refractivity contribution is 5.82. The summed E-state index contributed by atoms with van der Waals surface area (Å²) in [4.78, 5) is 16.1. The first kappa shape index (κ1) is 20.4. The van der Waals surface area contributed by atoms with Crippen LogP contribution in [0.1, 0.15) is 5.56 Å². The quantitative estimate of drug-likeness (QED) is 0.218. The summed E-state index contributed by atoms with van der Waals surface area (Å²) >= 11 is 0. The SMILES string of the molecule is O=[N+]([O-])c1cccc(-c2nc(-c3ccccc3)c(-c3ccccc3)n2Cc2ccccc2)c1. The lowest BCUT2D eigenvalue weighted by atomic mass is 10.0. The van der Waals surface area contributed by atoms with Crippen molar-refractivity contribution in [1.82, 2.24) is 9.55 Å². The zero-order valence-corrected chi connectivity index (χ0v) is 17.8. The summed E-state index contributed by atoms with van der Waals surface area (Å²) < 4.78 is 2.16. The second-order valence-corrected chi connectivity index (χ2v) is 7.74. The molecule has 0 aliphatic carbocycles. The molecular weight excluding hydrogens is 410 g/mol. The molecule has 0 atom stereocenters. The molecule has 0 aliphatic rings. The molecule has 0 radical (unpaired) electrons. The Morgan fingerprint density at radius 3 is 1.91 bits per heavy atom. The summed E-state index contributed by atoms with van der Waals surface area (Å²) in [5.41, 5.74) is 5.74. The van der Waals surface area contributed by atoms with Crippen LogP contribution in [0.5, 0.6) is 0 Å². The van der Waals surface area contributed by atoms with Gasteiger partial charge >= 0.3 is 0 Å². The molecule has 0 saturated heterocycles. The van der Waals surface area contributed by atoms with E-state index >= 15 is 0 Å². The van der Waals surface area contributed by atoms with E-state index in [1.165, 1.54) is 6.07 Å². The lowest BCUT2D eigenvalue weighted by molar-refractivity contribution is -0.384. The number of imidazole rings is 1. The minimum atomic E-state index is -0.371. The highest BCUT2D eigenvalue weighted by atomic mass is 16.6. The Balaban J connectivity index is 1.80. The Labute approximate surface area is 191 Å². The van der Waals surface area contributed by atoms with Crippen LogP contribution in [0.3, 0.4) is 0 Å². The smallest absolute Gasteiger partial charge is 0.270 e. The molecule has 5 nitrogen and oxygen atoms in total. The fraction of sp³-hybridized carbons (Fsp3) is 0.0357. The Morgan fingerprint density at radius 1 is 0.697 bits per heavy atom. The van der Waals surface area contributed by atoms with E-state index < -0.39 is 0 Å². The van der Waals surface area contributed by atoms with Crippen molar-refractivity contribution in [3.8, 4) is 33.9 Å². The molecule has 0 aliphatic heterocycles. The number of nitro benzene ring substituents is 1. The molecule has 5 heteroatoms. The van der Waals surface area contributed by atoms with Gasteiger partial charge in [-0.15, -0.1) is 0 Å². The second-order valence-electron chi connectivity index (χ2n) is 7.74. The maximum atomic E-state index is 11.5. The molecular formula is C28H21N3O2. The topological polar surface area (TPSA) is 61.0 Å². The molecule has 0 N–H and O–H groups in total. The molecule has 33 heavy (non-hydrogen) atoms. The monoisotopic (exact) mass is 431 g/mol. The first-order chi connectivity index (χ1) is 16.2. The van der Waals surface area contributed by atoms with E-state index in [9.17, 15) is 10.1 Å². The van der Waals surface area contributed by atoms with Gasteiger partial charge in [0.2, 0.25) is 0 Å². The largest absolute Gasteiger partial charge is 0.319 e. The van der Waals surface area contributed by atoms with Crippen molar-refractivity contribution >= 4 is 5.69 Å². The van der Waals surface area contributed by atoms with Crippen LogP contribution in [0, 0.1) is 10.1 Å². The molecule has 1 heterocycles. The predicted molar refractivity (Wildman–Crippen MR) is 131 cm³/mol.